The number of amidine groups is 1. The van der Waals surface area contributed by atoms with Gasteiger partial charge in [0.1, 0.15) is 17.7 Å². The summed E-state index contributed by atoms with van der Waals surface area (Å²) in [5, 5.41) is 30.0. The number of hydrogen-bond donors (Lipinski definition) is 5. The molecule has 2 aromatic rings. The molecule has 0 aliphatic carbocycles. The highest BCUT2D eigenvalue weighted by molar-refractivity contribution is 6.09. The van der Waals surface area contributed by atoms with E-state index < -0.39 is 6.23 Å². The SMILES string of the molecule is CNC(O)Cc1ccc2c(n1)CCCN2C(=N)c1ncc(N2CCC3(CC2)CO[C@@H](C)C3=N)nc1N. The standard InChI is InChI=1S/C25H35N9O2/c1-15-22(26)25(14-36-15)7-10-33(11-8-25)19-13-30-21(23(27)32-19)24(28)34-9-3-4-17-18(34)6-5-16(31-17)12-20(35)29-2/h5-6,13,15,20,26,28-29,35H,3-4,7-12,14H2,1-2H3,(H2,27,32)/t15-,20?/m0/s1. The van der Waals surface area contributed by atoms with E-state index in [4.69, 9.17) is 26.3 Å². The molecule has 2 aromatic heterocycles. The van der Waals surface area contributed by atoms with Gasteiger partial charge in [0, 0.05) is 42.9 Å². The summed E-state index contributed by atoms with van der Waals surface area (Å²) in [6, 6.07) is 3.85. The highest BCUT2D eigenvalue weighted by Gasteiger charge is 2.46. The summed E-state index contributed by atoms with van der Waals surface area (Å²) in [5.41, 5.74) is 9.83. The summed E-state index contributed by atoms with van der Waals surface area (Å²) >= 11 is 0. The quantitative estimate of drug-likeness (QED) is 0.235. The molecule has 0 amide bonds. The fourth-order valence-electron chi connectivity index (χ4n) is 5.45. The number of anilines is 3. The molecule has 2 fully saturated rings. The molecule has 5 rings (SSSR count). The fraction of sp³-hybridized carbons (Fsp3) is 0.560. The molecule has 0 radical (unpaired) electrons. The van der Waals surface area contributed by atoms with Crippen molar-refractivity contribution in [3.05, 3.63) is 35.4 Å². The van der Waals surface area contributed by atoms with Gasteiger partial charge in [-0.1, -0.05) is 0 Å². The number of aliphatic hydroxyl groups is 1. The van der Waals surface area contributed by atoms with Crippen molar-refractivity contribution in [2.45, 2.75) is 51.4 Å². The van der Waals surface area contributed by atoms with E-state index in [1.807, 2.05) is 24.0 Å². The molecule has 11 heteroatoms. The predicted octanol–water partition coefficient (Wildman–Crippen LogP) is 1.34. The Morgan fingerprint density at radius 2 is 2.08 bits per heavy atom. The van der Waals surface area contributed by atoms with E-state index in [0.29, 0.717) is 36.8 Å². The van der Waals surface area contributed by atoms with Crippen LogP contribution in [0.15, 0.2) is 18.3 Å². The number of nitrogens with one attached hydrogen (secondary N) is 3. The summed E-state index contributed by atoms with van der Waals surface area (Å²) in [6.07, 6.45) is 4.75. The fourth-order valence-corrected chi connectivity index (χ4v) is 5.45. The summed E-state index contributed by atoms with van der Waals surface area (Å²) < 4.78 is 5.73. The van der Waals surface area contributed by atoms with E-state index in [1.54, 1.807) is 13.2 Å². The highest BCUT2D eigenvalue weighted by Crippen LogP contribution is 2.40. The normalized spacial score (nSPS) is 22.1. The van der Waals surface area contributed by atoms with Crippen LogP contribution >= 0.6 is 0 Å². The number of piperidine rings is 1. The van der Waals surface area contributed by atoms with Gasteiger partial charge in [-0.25, -0.2) is 9.97 Å². The zero-order valence-corrected chi connectivity index (χ0v) is 20.9. The van der Waals surface area contributed by atoms with Crippen LogP contribution in [-0.2, 0) is 17.6 Å². The number of nitrogens with two attached hydrogens (primary N) is 1. The predicted molar refractivity (Wildman–Crippen MR) is 139 cm³/mol. The van der Waals surface area contributed by atoms with Gasteiger partial charge in [0.2, 0.25) is 0 Å². The van der Waals surface area contributed by atoms with E-state index in [-0.39, 0.29) is 23.2 Å². The van der Waals surface area contributed by atoms with Crippen molar-refractivity contribution >= 4 is 28.9 Å². The number of pyridine rings is 1. The Kier molecular flexibility index (Phi) is 6.62. The molecule has 0 aromatic carbocycles. The maximum atomic E-state index is 9.88. The lowest BCUT2D eigenvalue weighted by atomic mass is 9.75. The van der Waals surface area contributed by atoms with Crippen molar-refractivity contribution in [2.24, 2.45) is 5.41 Å². The second kappa shape index (κ2) is 9.72. The zero-order chi connectivity index (χ0) is 25.4. The molecule has 11 nitrogen and oxygen atoms in total. The number of likely N-dealkylation sites (N-methyl/N-ethyl adjacent to an activating group) is 1. The Hall–Kier alpha value is -3.15. The Labute approximate surface area is 211 Å². The lowest BCUT2D eigenvalue weighted by molar-refractivity contribution is 0.0979. The first-order chi connectivity index (χ1) is 17.3. The van der Waals surface area contributed by atoms with Crippen LogP contribution in [0.5, 0.6) is 0 Å². The third-order valence-corrected chi connectivity index (χ3v) is 7.74. The van der Waals surface area contributed by atoms with Crippen LogP contribution in [0.2, 0.25) is 0 Å². The average Bonchev–Trinajstić information content (AvgIpc) is 3.16. The molecule has 3 aliphatic rings. The van der Waals surface area contributed by atoms with Crippen molar-refractivity contribution in [1.29, 1.82) is 10.8 Å². The number of ether oxygens (including phenoxy) is 1. The van der Waals surface area contributed by atoms with Crippen molar-refractivity contribution < 1.29 is 9.84 Å². The van der Waals surface area contributed by atoms with Gasteiger partial charge in [0.15, 0.2) is 11.7 Å². The van der Waals surface area contributed by atoms with E-state index in [0.717, 1.165) is 55.8 Å². The first kappa shape index (κ1) is 24.5. The molecule has 36 heavy (non-hydrogen) atoms. The second-order valence-electron chi connectivity index (χ2n) is 9.98. The number of fused-ring (bicyclic) bond motifs is 1. The van der Waals surface area contributed by atoms with Crippen LogP contribution in [0.4, 0.5) is 17.3 Å². The Balaban J connectivity index is 1.30. The highest BCUT2D eigenvalue weighted by atomic mass is 16.5. The number of hydrogen-bond acceptors (Lipinski definition) is 10. The minimum absolute atomic E-state index is 0.0982. The van der Waals surface area contributed by atoms with Gasteiger partial charge >= 0.3 is 0 Å². The van der Waals surface area contributed by atoms with E-state index >= 15 is 0 Å². The molecule has 192 valence electrons. The molecule has 1 unspecified atom stereocenters. The van der Waals surface area contributed by atoms with Crippen LogP contribution in [-0.4, -0.2) is 77.2 Å². The first-order valence-electron chi connectivity index (χ1n) is 12.6. The second-order valence-corrected chi connectivity index (χ2v) is 9.98. The van der Waals surface area contributed by atoms with Gasteiger partial charge in [-0.3, -0.25) is 15.7 Å². The summed E-state index contributed by atoms with van der Waals surface area (Å²) in [6.45, 7) is 4.77. The number of aliphatic hydroxyl groups excluding tert-OH is 1. The Morgan fingerprint density at radius 1 is 1.31 bits per heavy atom. The van der Waals surface area contributed by atoms with Gasteiger partial charge in [0.05, 0.1) is 30.3 Å². The molecule has 5 heterocycles. The van der Waals surface area contributed by atoms with Crippen molar-refractivity contribution in [3.8, 4) is 0 Å². The number of rotatable bonds is 5. The van der Waals surface area contributed by atoms with Gasteiger partial charge < -0.3 is 30.8 Å². The smallest absolute Gasteiger partial charge is 0.155 e. The molecule has 6 N–H and O–H groups in total. The third kappa shape index (κ3) is 4.42. The van der Waals surface area contributed by atoms with Gasteiger partial charge in [0.25, 0.3) is 0 Å². The largest absolute Gasteiger partial charge is 0.382 e. The number of aryl methyl sites for hydroxylation is 1. The maximum absolute atomic E-state index is 9.88. The number of aromatic nitrogens is 3. The van der Waals surface area contributed by atoms with Crippen molar-refractivity contribution in [3.63, 3.8) is 0 Å². The summed E-state index contributed by atoms with van der Waals surface area (Å²) in [5.74, 6) is 1.14. The average molecular weight is 494 g/mol. The van der Waals surface area contributed by atoms with Gasteiger partial charge in [-0.05, 0) is 51.8 Å². The summed E-state index contributed by atoms with van der Waals surface area (Å²) in [7, 11) is 1.71. The molecular formula is C25H35N9O2. The van der Waals surface area contributed by atoms with E-state index in [1.165, 1.54) is 0 Å². The Bertz CT molecular complexity index is 1160. The monoisotopic (exact) mass is 493 g/mol. The molecule has 2 atom stereocenters. The summed E-state index contributed by atoms with van der Waals surface area (Å²) in [4.78, 5) is 17.9. The lowest BCUT2D eigenvalue weighted by Crippen LogP contribution is -2.45. The van der Waals surface area contributed by atoms with Gasteiger partial charge in [-0.15, -0.1) is 0 Å². The molecule has 3 aliphatic heterocycles. The van der Waals surface area contributed by atoms with Crippen LogP contribution in [0.3, 0.4) is 0 Å². The van der Waals surface area contributed by atoms with Crippen molar-refractivity contribution in [1.82, 2.24) is 20.3 Å². The third-order valence-electron chi connectivity index (χ3n) is 7.74. The van der Waals surface area contributed by atoms with Crippen LogP contribution in [0, 0.1) is 16.2 Å². The van der Waals surface area contributed by atoms with E-state index in [2.05, 4.69) is 20.2 Å². The van der Waals surface area contributed by atoms with Crippen molar-refractivity contribution in [2.75, 3.05) is 48.8 Å². The van der Waals surface area contributed by atoms with Crippen LogP contribution in [0.25, 0.3) is 0 Å². The molecule has 0 saturated carbocycles. The first-order valence-corrected chi connectivity index (χ1v) is 12.6. The lowest BCUT2D eigenvalue weighted by Gasteiger charge is -2.39. The zero-order valence-electron chi connectivity index (χ0n) is 20.9. The molecule has 1 spiro atoms. The van der Waals surface area contributed by atoms with Crippen LogP contribution < -0.4 is 20.9 Å². The topological polar surface area (TPSA) is 160 Å². The van der Waals surface area contributed by atoms with Gasteiger partial charge in [-0.2, -0.15) is 0 Å². The van der Waals surface area contributed by atoms with Crippen LogP contribution in [0.1, 0.15) is 43.3 Å². The Morgan fingerprint density at radius 3 is 2.75 bits per heavy atom. The number of nitrogen functional groups attached to an aromatic ring is 1. The molecular weight excluding hydrogens is 458 g/mol. The number of nitrogens with zero attached hydrogens (tertiary/aromatic N) is 5. The molecule has 2 saturated heterocycles. The molecule has 0 bridgehead atoms. The minimum atomic E-state index is -0.644. The minimum Gasteiger partial charge on any atom is -0.382 e. The van der Waals surface area contributed by atoms with E-state index in [9.17, 15) is 5.11 Å². The maximum Gasteiger partial charge on any atom is 0.155 e.